The third kappa shape index (κ3) is 5.64. The molecule has 0 bridgehead atoms. The number of rotatable bonds is 9. The van der Waals surface area contributed by atoms with Gasteiger partial charge in [0.2, 0.25) is 5.91 Å². The van der Waals surface area contributed by atoms with Crippen molar-refractivity contribution in [3.05, 3.63) is 107 Å². The van der Waals surface area contributed by atoms with Gasteiger partial charge in [-0.2, -0.15) is 5.10 Å². The van der Waals surface area contributed by atoms with Gasteiger partial charge in [-0.05, 0) is 30.7 Å². The van der Waals surface area contributed by atoms with Crippen molar-refractivity contribution in [3.63, 3.8) is 0 Å². The van der Waals surface area contributed by atoms with E-state index in [1.165, 1.54) is 29.2 Å². The molecule has 9 nitrogen and oxygen atoms in total. The normalized spacial score (nSPS) is 10.6. The number of para-hydroxylation sites is 1. The molecular formula is C27H25N5O4. The van der Waals surface area contributed by atoms with Crippen molar-refractivity contribution in [1.82, 2.24) is 14.7 Å². The number of carbonyl (C=O) groups excluding carboxylic acids is 2. The van der Waals surface area contributed by atoms with Crippen molar-refractivity contribution >= 4 is 23.3 Å². The Morgan fingerprint density at radius 3 is 2.22 bits per heavy atom. The first-order chi connectivity index (χ1) is 17.5. The van der Waals surface area contributed by atoms with Crippen LogP contribution in [0.5, 0.6) is 0 Å². The van der Waals surface area contributed by atoms with Gasteiger partial charge in [0.1, 0.15) is 12.4 Å². The molecule has 1 N–H and O–H groups in total. The summed E-state index contributed by atoms with van der Waals surface area (Å²) in [4.78, 5) is 37.9. The third-order valence-electron chi connectivity index (χ3n) is 5.49. The van der Waals surface area contributed by atoms with E-state index in [0.717, 1.165) is 11.3 Å². The van der Waals surface area contributed by atoms with Gasteiger partial charge >= 0.3 is 0 Å². The fourth-order valence-corrected chi connectivity index (χ4v) is 3.77. The zero-order chi connectivity index (χ0) is 25.5. The summed E-state index contributed by atoms with van der Waals surface area (Å²) in [5.41, 5.74) is 2.56. The van der Waals surface area contributed by atoms with Crippen LogP contribution in [0.1, 0.15) is 23.7 Å². The summed E-state index contributed by atoms with van der Waals surface area (Å²) in [6, 6.07) is 26.2. The molecule has 0 fully saturated rings. The molecule has 1 aromatic heterocycles. The Kier molecular flexibility index (Phi) is 7.50. The Balaban J connectivity index is 1.56. The van der Waals surface area contributed by atoms with Crippen LogP contribution >= 0.6 is 0 Å². The first-order valence-electron chi connectivity index (χ1n) is 11.5. The molecule has 9 heteroatoms. The summed E-state index contributed by atoms with van der Waals surface area (Å²) < 4.78 is 1.66. The standard InChI is InChI=1S/C27H25N5O4/c1-2-17-30(27(34)21-13-15-23(16-14-21)32(35)36)19-26(33)28-25-18-24(20-9-5-3-6-10-20)29-31(25)22-11-7-4-8-12-22/h3-16,18H,2,17,19H2,1H3,(H,28,33). The van der Waals surface area contributed by atoms with Crippen LogP contribution in [-0.2, 0) is 4.79 Å². The number of hydrogen-bond acceptors (Lipinski definition) is 5. The van der Waals surface area contributed by atoms with Crippen LogP contribution in [0.4, 0.5) is 11.5 Å². The van der Waals surface area contributed by atoms with Crippen molar-refractivity contribution in [3.8, 4) is 16.9 Å². The van der Waals surface area contributed by atoms with E-state index in [0.29, 0.717) is 24.5 Å². The molecule has 0 unspecified atom stereocenters. The highest BCUT2D eigenvalue weighted by Gasteiger charge is 2.21. The highest BCUT2D eigenvalue weighted by molar-refractivity contribution is 5.99. The van der Waals surface area contributed by atoms with Crippen molar-refractivity contribution in [2.45, 2.75) is 13.3 Å². The summed E-state index contributed by atoms with van der Waals surface area (Å²) in [5.74, 6) is -0.275. The van der Waals surface area contributed by atoms with Crippen LogP contribution in [-0.4, -0.2) is 44.5 Å². The molecule has 0 saturated carbocycles. The van der Waals surface area contributed by atoms with Gasteiger partial charge in [-0.1, -0.05) is 55.5 Å². The number of nitrogens with one attached hydrogen (secondary N) is 1. The van der Waals surface area contributed by atoms with Crippen LogP contribution in [0.2, 0.25) is 0 Å². The van der Waals surface area contributed by atoms with E-state index in [9.17, 15) is 19.7 Å². The number of aromatic nitrogens is 2. The minimum atomic E-state index is -0.523. The maximum atomic E-state index is 13.1. The number of nitro benzene ring substituents is 1. The van der Waals surface area contributed by atoms with Crippen LogP contribution in [0.15, 0.2) is 91.0 Å². The monoisotopic (exact) mass is 483 g/mol. The fourth-order valence-electron chi connectivity index (χ4n) is 3.77. The molecule has 182 valence electrons. The van der Waals surface area contributed by atoms with E-state index in [-0.39, 0.29) is 29.6 Å². The number of benzene rings is 3. The summed E-state index contributed by atoms with van der Waals surface area (Å²) in [6.45, 7) is 2.09. The quantitative estimate of drug-likeness (QED) is 0.268. The van der Waals surface area contributed by atoms with E-state index in [1.807, 2.05) is 67.6 Å². The molecule has 2 amide bonds. The topological polar surface area (TPSA) is 110 Å². The second-order valence-corrected chi connectivity index (χ2v) is 8.11. The largest absolute Gasteiger partial charge is 0.329 e. The number of hydrogen-bond donors (Lipinski definition) is 1. The third-order valence-corrected chi connectivity index (χ3v) is 5.49. The lowest BCUT2D eigenvalue weighted by molar-refractivity contribution is -0.384. The Morgan fingerprint density at radius 1 is 0.972 bits per heavy atom. The van der Waals surface area contributed by atoms with Gasteiger partial charge in [0.05, 0.1) is 16.3 Å². The second-order valence-electron chi connectivity index (χ2n) is 8.11. The summed E-state index contributed by atoms with van der Waals surface area (Å²) in [5, 5.41) is 18.5. The van der Waals surface area contributed by atoms with Gasteiger partial charge in [-0.15, -0.1) is 0 Å². The smallest absolute Gasteiger partial charge is 0.269 e. The first-order valence-corrected chi connectivity index (χ1v) is 11.5. The van der Waals surface area contributed by atoms with E-state index < -0.39 is 4.92 Å². The Morgan fingerprint density at radius 2 is 1.61 bits per heavy atom. The summed E-state index contributed by atoms with van der Waals surface area (Å²) >= 11 is 0. The van der Waals surface area contributed by atoms with Crippen LogP contribution in [0, 0.1) is 10.1 Å². The molecule has 0 atom stereocenters. The fraction of sp³-hybridized carbons (Fsp3) is 0.148. The van der Waals surface area contributed by atoms with Gasteiger partial charge < -0.3 is 10.2 Å². The number of amides is 2. The minimum absolute atomic E-state index is 0.102. The first kappa shape index (κ1) is 24.3. The van der Waals surface area contributed by atoms with Gasteiger partial charge in [0, 0.05) is 35.9 Å². The zero-order valence-corrected chi connectivity index (χ0v) is 19.7. The number of nitro groups is 1. The lowest BCUT2D eigenvalue weighted by Crippen LogP contribution is -2.38. The Hall–Kier alpha value is -4.79. The van der Waals surface area contributed by atoms with E-state index in [2.05, 4.69) is 5.32 Å². The molecule has 3 aromatic carbocycles. The maximum Gasteiger partial charge on any atom is 0.269 e. The highest BCUT2D eigenvalue weighted by atomic mass is 16.6. The lowest BCUT2D eigenvalue weighted by atomic mass is 10.1. The van der Waals surface area contributed by atoms with Crippen LogP contribution in [0.25, 0.3) is 16.9 Å². The van der Waals surface area contributed by atoms with Crippen molar-refractivity contribution < 1.29 is 14.5 Å². The second kappa shape index (κ2) is 11.1. The molecule has 0 aliphatic rings. The Labute approximate surface area is 208 Å². The number of nitrogens with zero attached hydrogens (tertiary/aromatic N) is 4. The van der Waals surface area contributed by atoms with Gasteiger partial charge in [-0.3, -0.25) is 19.7 Å². The molecule has 0 aliphatic carbocycles. The average molecular weight is 484 g/mol. The summed E-state index contributed by atoms with van der Waals surface area (Å²) in [6.07, 6.45) is 0.645. The zero-order valence-electron chi connectivity index (χ0n) is 19.7. The Bertz CT molecular complexity index is 1350. The molecule has 4 rings (SSSR count). The van der Waals surface area contributed by atoms with E-state index >= 15 is 0 Å². The molecule has 0 spiro atoms. The minimum Gasteiger partial charge on any atom is -0.329 e. The predicted octanol–water partition coefficient (Wildman–Crippen LogP) is 4.94. The number of anilines is 1. The van der Waals surface area contributed by atoms with Gasteiger partial charge in [-0.25, -0.2) is 4.68 Å². The summed E-state index contributed by atoms with van der Waals surface area (Å²) in [7, 11) is 0. The lowest BCUT2D eigenvalue weighted by Gasteiger charge is -2.21. The maximum absolute atomic E-state index is 13.1. The molecule has 4 aromatic rings. The van der Waals surface area contributed by atoms with Crippen LogP contribution < -0.4 is 5.32 Å². The highest BCUT2D eigenvalue weighted by Crippen LogP contribution is 2.25. The van der Waals surface area contributed by atoms with Gasteiger partial charge in [0.15, 0.2) is 0 Å². The van der Waals surface area contributed by atoms with Crippen molar-refractivity contribution in [2.75, 3.05) is 18.4 Å². The van der Waals surface area contributed by atoms with Crippen LogP contribution in [0.3, 0.4) is 0 Å². The predicted molar refractivity (Wildman–Crippen MR) is 137 cm³/mol. The van der Waals surface area contributed by atoms with Crippen molar-refractivity contribution in [1.29, 1.82) is 0 Å². The molecular weight excluding hydrogens is 458 g/mol. The van der Waals surface area contributed by atoms with E-state index in [1.54, 1.807) is 10.7 Å². The number of non-ortho nitro benzene ring substituents is 1. The van der Waals surface area contributed by atoms with E-state index in [4.69, 9.17) is 5.10 Å². The molecule has 0 radical (unpaired) electrons. The molecule has 1 heterocycles. The van der Waals surface area contributed by atoms with Gasteiger partial charge in [0.25, 0.3) is 11.6 Å². The molecule has 0 aliphatic heterocycles. The SMILES string of the molecule is CCCN(CC(=O)Nc1cc(-c2ccccc2)nn1-c1ccccc1)C(=O)c1ccc([N+](=O)[O-])cc1. The molecule has 0 saturated heterocycles. The van der Waals surface area contributed by atoms with Crippen molar-refractivity contribution in [2.24, 2.45) is 0 Å². The molecule has 36 heavy (non-hydrogen) atoms. The number of carbonyl (C=O) groups is 2. The average Bonchev–Trinajstić information content (AvgIpc) is 3.32.